The Morgan fingerprint density at radius 3 is 2.72 bits per heavy atom. The molecule has 6 nitrogen and oxygen atoms in total. The summed E-state index contributed by atoms with van der Waals surface area (Å²) in [6.07, 6.45) is 2.05. The van der Waals surface area contributed by atoms with Crippen LogP contribution in [0.15, 0.2) is 42.6 Å². The second-order valence-corrected chi connectivity index (χ2v) is 6.25. The average molecular weight is 332 g/mol. The van der Waals surface area contributed by atoms with Crippen molar-refractivity contribution in [3.63, 3.8) is 0 Å². The van der Waals surface area contributed by atoms with Crippen LogP contribution in [0.1, 0.15) is 5.56 Å². The van der Waals surface area contributed by atoms with Crippen LogP contribution in [-0.2, 0) is 7.05 Å². The van der Waals surface area contributed by atoms with Crippen molar-refractivity contribution in [2.45, 2.75) is 6.92 Å². The molecule has 0 radical (unpaired) electrons. The van der Waals surface area contributed by atoms with Gasteiger partial charge >= 0.3 is 0 Å². The molecule has 0 fully saturated rings. The van der Waals surface area contributed by atoms with Gasteiger partial charge in [0.2, 0.25) is 6.79 Å². The van der Waals surface area contributed by atoms with E-state index in [-0.39, 0.29) is 6.79 Å². The Balaban J connectivity index is 1.65. The number of rotatable bonds is 2. The molecule has 1 aliphatic rings. The minimum Gasteiger partial charge on any atom is -0.454 e. The summed E-state index contributed by atoms with van der Waals surface area (Å²) in [5.41, 5.74) is 5.82. The van der Waals surface area contributed by atoms with Gasteiger partial charge in [0.1, 0.15) is 11.4 Å². The largest absolute Gasteiger partial charge is 0.454 e. The predicted molar refractivity (Wildman–Crippen MR) is 94.6 cm³/mol. The molecular formula is C19H16N4O2. The van der Waals surface area contributed by atoms with E-state index in [9.17, 15) is 0 Å². The molecule has 0 saturated carbocycles. The maximum absolute atomic E-state index is 5.54. The number of aromatic amines is 1. The lowest BCUT2D eigenvalue weighted by Gasteiger charge is -2.06. The fourth-order valence-corrected chi connectivity index (χ4v) is 3.38. The first-order valence-corrected chi connectivity index (χ1v) is 8.07. The van der Waals surface area contributed by atoms with Crippen LogP contribution in [-0.4, -0.2) is 26.8 Å². The Labute approximate surface area is 144 Å². The fourth-order valence-electron chi connectivity index (χ4n) is 3.38. The molecule has 0 saturated heterocycles. The number of nitrogens with zero attached hydrogens (tertiary/aromatic N) is 3. The van der Waals surface area contributed by atoms with Crippen LogP contribution in [0.3, 0.4) is 0 Å². The maximum Gasteiger partial charge on any atom is 0.231 e. The van der Waals surface area contributed by atoms with Crippen LogP contribution in [0.25, 0.3) is 33.4 Å². The van der Waals surface area contributed by atoms with Crippen molar-refractivity contribution in [3.8, 4) is 34.0 Å². The molecule has 25 heavy (non-hydrogen) atoms. The topological polar surface area (TPSA) is 65.0 Å². The zero-order valence-electron chi connectivity index (χ0n) is 13.9. The Morgan fingerprint density at radius 1 is 1.00 bits per heavy atom. The molecule has 0 bridgehead atoms. The van der Waals surface area contributed by atoms with E-state index in [1.165, 1.54) is 10.9 Å². The zero-order chi connectivity index (χ0) is 17.0. The maximum atomic E-state index is 5.54. The van der Waals surface area contributed by atoms with Crippen LogP contribution < -0.4 is 9.47 Å². The van der Waals surface area contributed by atoms with Crippen molar-refractivity contribution in [2.75, 3.05) is 6.79 Å². The number of hydrogen-bond acceptors (Lipinski definition) is 4. The van der Waals surface area contributed by atoms with E-state index in [2.05, 4.69) is 56.5 Å². The third kappa shape index (κ3) is 2.11. The fraction of sp³-hybridized carbons (Fsp3) is 0.158. The quantitative estimate of drug-likeness (QED) is 0.608. The molecule has 5 rings (SSSR count). The van der Waals surface area contributed by atoms with Gasteiger partial charge < -0.3 is 14.0 Å². The van der Waals surface area contributed by atoms with Gasteiger partial charge in [0.15, 0.2) is 11.5 Å². The number of nitrogens with one attached hydrogen (secondary N) is 1. The van der Waals surface area contributed by atoms with E-state index in [4.69, 9.17) is 9.47 Å². The van der Waals surface area contributed by atoms with Gasteiger partial charge in [-0.05, 0) is 42.8 Å². The van der Waals surface area contributed by atoms with Gasteiger partial charge in [-0.25, -0.2) is 0 Å². The summed E-state index contributed by atoms with van der Waals surface area (Å²) in [4.78, 5) is 0. The lowest BCUT2D eigenvalue weighted by Crippen LogP contribution is -1.93. The van der Waals surface area contributed by atoms with Crippen LogP contribution in [0.4, 0.5) is 0 Å². The van der Waals surface area contributed by atoms with Crippen molar-refractivity contribution >= 4 is 10.9 Å². The minimum atomic E-state index is 0.260. The van der Waals surface area contributed by atoms with Crippen LogP contribution >= 0.6 is 0 Å². The van der Waals surface area contributed by atoms with Crippen molar-refractivity contribution < 1.29 is 9.47 Å². The first-order chi connectivity index (χ1) is 12.2. The third-order valence-corrected chi connectivity index (χ3v) is 4.64. The van der Waals surface area contributed by atoms with Crippen LogP contribution in [0.5, 0.6) is 11.5 Å². The molecule has 4 aromatic rings. The molecule has 0 atom stereocenters. The molecule has 0 aliphatic carbocycles. The van der Waals surface area contributed by atoms with Gasteiger partial charge in [-0.2, -0.15) is 15.4 Å². The highest BCUT2D eigenvalue weighted by Crippen LogP contribution is 2.40. The van der Waals surface area contributed by atoms with E-state index >= 15 is 0 Å². The minimum absolute atomic E-state index is 0.260. The number of benzene rings is 2. The average Bonchev–Trinajstić information content (AvgIpc) is 3.33. The summed E-state index contributed by atoms with van der Waals surface area (Å²) in [7, 11) is 2.04. The van der Waals surface area contributed by atoms with Gasteiger partial charge in [0.25, 0.3) is 0 Å². The number of hydrogen-bond donors (Lipinski definition) is 1. The first-order valence-electron chi connectivity index (χ1n) is 8.07. The van der Waals surface area contributed by atoms with E-state index < -0.39 is 0 Å². The standard InChI is InChI=1S/C19H16N4O2/c1-11-7-14(9-16-19(11)25-10-24-16)18-17(20-22-21-18)13-3-4-15-12(8-13)5-6-23(15)2/h3-9H,10H2,1-2H3,(H,20,21,22). The lowest BCUT2D eigenvalue weighted by molar-refractivity contribution is 0.173. The molecule has 3 heterocycles. The third-order valence-electron chi connectivity index (χ3n) is 4.64. The summed E-state index contributed by atoms with van der Waals surface area (Å²) in [5, 5.41) is 12.7. The summed E-state index contributed by atoms with van der Waals surface area (Å²) in [5.74, 6) is 1.56. The number of ether oxygens (including phenoxy) is 2. The zero-order valence-corrected chi connectivity index (χ0v) is 13.9. The Bertz CT molecular complexity index is 1110. The van der Waals surface area contributed by atoms with E-state index in [0.29, 0.717) is 0 Å². The van der Waals surface area contributed by atoms with Crippen LogP contribution in [0, 0.1) is 6.92 Å². The van der Waals surface area contributed by atoms with Crippen molar-refractivity contribution in [3.05, 3.63) is 48.2 Å². The number of aromatic nitrogens is 4. The SMILES string of the molecule is Cc1cc(-c2n[nH]nc2-c2ccc3c(ccn3C)c2)cc2c1OCO2. The van der Waals surface area contributed by atoms with E-state index in [1.54, 1.807) is 0 Å². The summed E-state index contributed by atoms with van der Waals surface area (Å²) in [6, 6.07) is 12.4. The van der Waals surface area contributed by atoms with Gasteiger partial charge in [-0.3, -0.25) is 0 Å². The highest BCUT2D eigenvalue weighted by atomic mass is 16.7. The smallest absolute Gasteiger partial charge is 0.231 e. The normalized spacial score (nSPS) is 12.9. The molecule has 1 N–H and O–H groups in total. The summed E-state index contributed by atoms with van der Waals surface area (Å²) in [6.45, 7) is 2.27. The molecule has 2 aromatic heterocycles. The van der Waals surface area contributed by atoms with Gasteiger partial charge in [0, 0.05) is 35.3 Å². The molecule has 0 unspecified atom stereocenters. The highest BCUT2D eigenvalue weighted by molar-refractivity contribution is 5.88. The summed E-state index contributed by atoms with van der Waals surface area (Å²) >= 11 is 0. The monoisotopic (exact) mass is 332 g/mol. The second kappa shape index (κ2) is 5.11. The molecular weight excluding hydrogens is 316 g/mol. The highest BCUT2D eigenvalue weighted by Gasteiger charge is 2.20. The van der Waals surface area contributed by atoms with Crippen molar-refractivity contribution in [1.29, 1.82) is 0 Å². The molecule has 6 heteroatoms. The number of aryl methyl sites for hydroxylation is 2. The number of H-pyrrole nitrogens is 1. The van der Waals surface area contributed by atoms with Gasteiger partial charge in [-0.15, -0.1) is 0 Å². The molecule has 0 spiro atoms. The molecule has 2 aromatic carbocycles. The van der Waals surface area contributed by atoms with Gasteiger partial charge in [0.05, 0.1) is 0 Å². The van der Waals surface area contributed by atoms with E-state index in [1.807, 2.05) is 20.0 Å². The van der Waals surface area contributed by atoms with E-state index in [0.717, 1.165) is 39.6 Å². The molecule has 1 aliphatic heterocycles. The molecule has 0 amide bonds. The van der Waals surface area contributed by atoms with Gasteiger partial charge in [-0.1, -0.05) is 6.07 Å². The van der Waals surface area contributed by atoms with Crippen molar-refractivity contribution in [1.82, 2.24) is 20.0 Å². The predicted octanol–water partition coefficient (Wildman–Crippen LogP) is 3.67. The van der Waals surface area contributed by atoms with Crippen molar-refractivity contribution in [2.24, 2.45) is 7.05 Å². The summed E-state index contributed by atoms with van der Waals surface area (Å²) < 4.78 is 13.1. The first kappa shape index (κ1) is 14.1. The Kier molecular flexibility index (Phi) is 2.88. The lowest BCUT2D eigenvalue weighted by atomic mass is 10.0. The Hall–Kier alpha value is -3.28. The molecule has 124 valence electrons. The Morgan fingerprint density at radius 2 is 1.84 bits per heavy atom. The number of fused-ring (bicyclic) bond motifs is 2. The van der Waals surface area contributed by atoms with Crippen LogP contribution in [0.2, 0.25) is 0 Å². The second-order valence-electron chi connectivity index (χ2n) is 6.25.